The lowest BCUT2D eigenvalue weighted by Gasteiger charge is -2.22. The third-order valence-electron chi connectivity index (χ3n) is 2.63. The van der Waals surface area contributed by atoms with Gasteiger partial charge >= 0.3 is 0 Å². The van der Waals surface area contributed by atoms with Crippen LogP contribution in [0.2, 0.25) is 0 Å². The standard InChI is InChI=1S/C12H20N2O/c1-4-10(2)8-14(3)12-7-5-6-11(9-15)13-12/h5-7,10,15H,4,8-9H2,1-3H3. The number of aromatic nitrogens is 1. The maximum absolute atomic E-state index is 8.99. The zero-order valence-electron chi connectivity index (χ0n) is 9.77. The molecule has 3 heteroatoms. The Morgan fingerprint density at radius 2 is 2.20 bits per heavy atom. The minimum atomic E-state index is 0.00497. The first-order valence-electron chi connectivity index (χ1n) is 5.45. The largest absolute Gasteiger partial charge is 0.390 e. The number of aliphatic hydroxyl groups is 1. The molecule has 0 fully saturated rings. The van der Waals surface area contributed by atoms with E-state index in [9.17, 15) is 0 Å². The first kappa shape index (κ1) is 12.0. The first-order valence-corrected chi connectivity index (χ1v) is 5.45. The zero-order valence-corrected chi connectivity index (χ0v) is 9.77. The molecule has 0 bridgehead atoms. The maximum atomic E-state index is 8.99. The molecule has 1 unspecified atom stereocenters. The molecular weight excluding hydrogens is 188 g/mol. The summed E-state index contributed by atoms with van der Waals surface area (Å²) in [6.07, 6.45) is 1.17. The van der Waals surface area contributed by atoms with E-state index in [-0.39, 0.29) is 6.61 Å². The van der Waals surface area contributed by atoms with Crippen LogP contribution in [0, 0.1) is 5.92 Å². The summed E-state index contributed by atoms with van der Waals surface area (Å²) in [5.41, 5.74) is 0.725. The highest BCUT2D eigenvalue weighted by Gasteiger charge is 2.06. The smallest absolute Gasteiger partial charge is 0.128 e. The summed E-state index contributed by atoms with van der Waals surface area (Å²) in [6, 6.07) is 5.74. The van der Waals surface area contributed by atoms with Gasteiger partial charge in [0.25, 0.3) is 0 Å². The van der Waals surface area contributed by atoms with Crippen molar-refractivity contribution >= 4 is 5.82 Å². The molecule has 0 aliphatic rings. The van der Waals surface area contributed by atoms with Crippen LogP contribution in [0.25, 0.3) is 0 Å². The lowest BCUT2D eigenvalue weighted by molar-refractivity contribution is 0.277. The second kappa shape index (κ2) is 5.71. The topological polar surface area (TPSA) is 36.4 Å². The average molecular weight is 208 g/mol. The van der Waals surface area contributed by atoms with E-state index >= 15 is 0 Å². The van der Waals surface area contributed by atoms with E-state index in [2.05, 4.69) is 23.7 Å². The van der Waals surface area contributed by atoms with E-state index in [1.807, 2.05) is 25.2 Å². The van der Waals surface area contributed by atoms with Gasteiger partial charge in [0.1, 0.15) is 5.82 Å². The summed E-state index contributed by atoms with van der Waals surface area (Å²) in [4.78, 5) is 6.49. The summed E-state index contributed by atoms with van der Waals surface area (Å²) < 4.78 is 0. The third-order valence-corrected chi connectivity index (χ3v) is 2.63. The lowest BCUT2D eigenvalue weighted by atomic mass is 10.1. The predicted molar refractivity (Wildman–Crippen MR) is 62.9 cm³/mol. The Kier molecular flexibility index (Phi) is 4.56. The van der Waals surface area contributed by atoms with Gasteiger partial charge in [-0.05, 0) is 18.1 Å². The lowest BCUT2D eigenvalue weighted by Crippen LogP contribution is -2.24. The molecule has 0 aliphatic carbocycles. The molecular formula is C12H20N2O. The molecule has 15 heavy (non-hydrogen) atoms. The van der Waals surface area contributed by atoms with Crippen molar-refractivity contribution in [3.05, 3.63) is 23.9 Å². The van der Waals surface area contributed by atoms with Crippen molar-refractivity contribution < 1.29 is 5.11 Å². The van der Waals surface area contributed by atoms with Crippen molar-refractivity contribution in [3.63, 3.8) is 0 Å². The second-order valence-corrected chi connectivity index (χ2v) is 4.04. The van der Waals surface area contributed by atoms with Crippen LogP contribution in [0.15, 0.2) is 18.2 Å². The molecule has 0 saturated carbocycles. The van der Waals surface area contributed by atoms with Gasteiger partial charge in [-0.1, -0.05) is 26.3 Å². The van der Waals surface area contributed by atoms with E-state index in [0.717, 1.165) is 18.1 Å². The molecule has 0 saturated heterocycles. The quantitative estimate of drug-likeness (QED) is 0.804. The highest BCUT2D eigenvalue weighted by Crippen LogP contribution is 2.12. The monoisotopic (exact) mass is 208 g/mol. The summed E-state index contributed by atoms with van der Waals surface area (Å²) in [5, 5.41) is 8.99. The van der Waals surface area contributed by atoms with Crippen molar-refractivity contribution in [1.82, 2.24) is 4.98 Å². The van der Waals surface area contributed by atoms with Crippen molar-refractivity contribution in [3.8, 4) is 0 Å². The van der Waals surface area contributed by atoms with E-state index in [0.29, 0.717) is 5.92 Å². The van der Waals surface area contributed by atoms with Crippen LogP contribution in [-0.2, 0) is 6.61 Å². The van der Waals surface area contributed by atoms with Gasteiger partial charge in [0, 0.05) is 13.6 Å². The fourth-order valence-electron chi connectivity index (χ4n) is 1.46. The zero-order chi connectivity index (χ0) is 11.3. The van der Waals surface area contributed by atoms with Crippen LogP contribution < -0.4 is 4.90 Å². The fraction of sp³-hybridized carbons (Fsp3) is 0.583. The summed E-state index contributed by atoms with van der Waals surface area (Å²) in [5.74, 6) is 1.59. The van der Waals surface area contributed by atoms with Gasteiger partial charge in [0.2, 0.25) is 0 Å². The van der Waals surface area contributed by atoms with E-state index in [4.69, 9.17) is 5.11 Å². The van der Waals surface area contributed by atoms with Crippen LogP contribution in [0.4, 0.5) is 5.82 Å². The molecule has 1 heterocycles. The number of aliphatic hydroxyl groups excluding tert-OH is 1. The van der Waals surface area contributed by atoms with Crippen LogP contribution >= 0.6 is 0 Å². The normalized spacial score (nSPS) is 12.5. The summed E-state index contributed by atoms with van der Waals surface area (Å²) in [7, 11) is 2.04. The molecule has 0 aromatic carbocycles. The van der Waals surface area contributed by atoms with Gasteiger partial charge in [-0.15, -0.1) is 0 Å². The Balaban J connectivity index is 2.68. The maximum Gasteiger partial charge on any atom is 0.128 e. The van der Waals surface area contributed by atoms with Crippen molar-refractivity contribution in [2.75, 3.05) is 18.5 Å². The minimum absolute atomic E-state index is 0.00497. The van der Waals surface area contributed by atoms with Gasteiger partial charge < -0.3 is 10.0 Å². The number of anilines is 1. The molecule has 1 atom stereocenters. The molecule has 0 radical (unpaired) electrons. The van der Waals surface area contributed by atoms with Crippen LogP contribution in [-0.4, -0.2) is 23.7 Å². The van der Waals surface area contributed by atoms with Gasteiger partial charge in [-0.3, -0.25) is 0 Å². The van der Waals surface area contributed by atoms with Gasteiger partial charge in [-0.2, -0.15) is 0 Å². The van der Waals surface area contributed by atoms with E-state index in [1.165, 1.54) is 6.42 Å². The highest BCUT2D eigenvalue weighted by molar-refractivity contribution is 5.38. The summed E-state index contributed by atoms with van der Waals surface area (Å²) >= 11 is 0. The Hall–Kier alpha value is -1.09. The Bertz CT molecular complexity index is 301. The minimum Gasteiger partial charge on any atom is -0.390 e. The number of hydrogen-bond acceptors (Lipinski definition) is 3. The molecule has 0 spiro atoms. The number of pyridine rings is 1. The predicted octanol–water partition coefficient (Wildman–Crippen LogP) is 2.06. The molecule has 1 N–H and O–H groups in total. The summed E-state index contributed by atoms with van der Waals surface area (Å²) in [6.45, 7) is 5.42. The molecule has 0 aliphatic heterocycles. The van der Waals surface area contributed by atoms with Crippen LogP contribution in [0.3, 0.4) is 0 Å². The van der Waals surface area contributed by atoms with Gasteiger partial charge in [-0.25, -0.2) is 4.98 Å². The Morgan fingerprint density at radius 1 is 1.47 bits per heavy atom. The van der Waals surface area contributed by atoms with E-state index in [1.54, 1.807) is 0 Å². The molecule has 1 rings (SSSR count). The Morgan fingerprint density at radius 3 is 2.80 bits per heavy atom. The third kappa shape index (κ3) is 3.51. The van der Waals surface area contributed by atoms with Gasteiger partial charge in [0.05, 0.1) is 12.3 Å². The molecule has 1 aromatic heterocycles. The average Bonchev–Trinajstić information content (AvgIpc) is 2.28. The second-order valence-electron chi connectivity index (χ2n) is 4.04. The number of nitrogens with zero attached hydrogens (tertiary/aromatic N) is 2. The van der Waals surface area contributed by atoms with Crippen LogP contribution in [0.1, 0.15) is 26.0 Å². The highest BCUT2D eigenvalue weighted by atomic mass is 16.3. The molecule has 3 nitrogen and oxygen atoms in total. The van der Waals surface area contributed by atoms with Crippen LogP contribution in [0.5, 0.6) is 0 Å². The number of rotatable bonds is 5. The molecule has 84 valence electrons. The van der Waals surface area contributed by atoms with Gasteiger partial charge in [0.15, 0.2) is 0 Å². The van der Waals surface area contributed by atoms with E-state index < -0.39 is 0 Å². The van der Waals surface area contributed by atoms with Crippen molar-refractivity contribution in [1.29, 1.82) is 0 Å². The molecule has 1 aromatic rings. The fourth-order valence-corrected chi connectivity index (χ4v) is 1.46. The van der Waals surface area contributed by atoms with Crippen molar-refractivity contribution in [2.24, 2.45) is 5.92 Å². The first-order chi connectivity index (χ1) is 7.17. The molecule has 0 amide bonds. The number of hydrogen-bond donors (Lipinski definition) is 1. The SMILES string of the molecule is CCC(C)CN(C)c1cccc(CO)n1. The Labute approximate surface area is 91.8 Å². The van der Waals surface area contributed by atoms with Crippen molar-refractivity contribution in [2.45, 2.75) is 26.9 Å².